The van der Waals surface area contributed by atoms with Crippen molar-refractivity contribution in [2.45, 2.75) is 33.2 Å². The molecule has 2 rings (SSSR count). The number of ether oxygens (including phenoxy) is 1. The van der Waals surface area contributed by atoms with Gasteiger partial charge in [-0.15, -0.1) is 5.92 Å². The summed E-state index contributed by atoms with van der Waals surface area (Å²) >= 11 is 0. The highest BCUT2D eigenvalue weighted by molar-refractivity contribution is 5.92. The van der Waals surface area contributed by atoms with Gasteiger partial charge in [-0.3, -0.25) is 9.48 Å². The Kier molecular flexibility index (Phi) is 6.44. The van der Waals surface area contributed by atoms with Gasteiger partial charge in [-0.25, -0.2) is 0 Å². The fraction of sp³-hybridized carbons (Fsp3) is 0.368. The Labute approximate surface area is 143 Å². The largest absolute Gasteiger partial charge is 0.481 e. The molecule has 1 aromatic heterocycles. The summed E-state index contributed by atoms with van der Waals surface area (Å²) in [7, 11) is 1.78. The number of carbonyl (C=O) groups is 1. The predicted octanol–water partition coefficient (Wildman–Crippen LogP) is 2.70. The van der Waals surface area contributed by atoms with Crippen LogP contribution in [0.3, 0.4) is 0 Å². The van der Waals surface area contributed by atoms with Crippen LogP contribution < -0.4 is 10.1 Å². The number of hydrogen-bond acceptors (Lipinski definition) is 3. The second kappa shape index (κ2) is 8.78. The number of aromatic nitrogens is 2. The second-order valence-corrected chi connectivity index (χ2v) is 5.32. The molecule has 0 spiro atoms. The lowest BCUT2D eigenvalue weighted by atomic mass is 10.2. The van der Waals surface area contributed by atoms with Crippen LogP contribution in [0.25, 0.3) is 0 Å². The van der Waals surface area contributed by atoms with E-state index in [-0.39, 0.29) is 5.91 Å². The number of nitrogens with one attached hydrogen (secondary N) is 1. The van der Waals surface area contributed by atoms with Crippen LogP contribution in [0.15, 0.2) is 30.3 Å². The quantitative estimate of drug-likeness (QED) is 0.831. The minimum atomic E-state index is -0.134. The highest BCUT2D eigenvalue weighted by atomic mass is 16.5. The molecule has 0 saturated heterocycles. The van der Waals surface area contributed by atoms with Gasteiger partial charge >= 0.3 is 0 Å². The van der Waals surface area contributed by atoms with Crippen LogP contribution in [0.5, 0.6) is 5.75 Å². The number of aryl methyl sites for hydroxylation is 2. The molecular formula is C19H23N3O2. The topological polar surface area (TPSA) is 56.1 Å². The molecule has 0 radical (unpaired) electrons. The van der Waals surface area contributed by atoms with Gasteiger partial charge in [0.05, 0.1) is 5.69 Å². The maximum atomic E-state index is 12.3. The van der Waals surface area contributed by atoms with Gasteiger partial charge < -0.3 is 10.1 Å². The predicted molar refractivity (Wildman–Crippen MR) is 93.8 cm³/mol. The van der Waals surface area contributed by atoms with Crippen molar-refractivity contribution in [2.24, 2.45) is 7.05 Å². The maximum absolute atomic E-state index is 12.3. The molecule has 0 bridgehead atoms. The SMILES string of the molecule is CCC#CCOc1cccc(CNC(=O)c2cc(CC)nn2C)c1. The molecule has 0 aliphatic carbocycles. The van der Waals surface area contributed by atoms with E-state index in [0.717, 1.165) is 29.8 Å². The van der Waals surface area contributed by atoms with Gasteiger partial charge in [-0.2, -0.15) is 5.10 Å². The summed E-state index contributed by atoms with van der Waals surface area (Å²) in [6.45, 7) is 4.82. The molecule has 5 heteroatoms. The Hall–Kier alpha value is -2.74. The average Bonchev–Trinajstić information content (AvgIpc) is 2.98. The number of nitrogens with zero attached hydrogens (tertiary/aromatic N) is 2. The van der Waals surface area contributed by atoms with Crippen molar-refractivity contribution in [3.8, 4) is 17.6 Å². The summed E-state index contributed by atoms with van der Waals surface area (Å²) in [5, 5.41) is 7.20. The molecule has 0 unspecified atom stereocenters. The third-order valence-corrected chi connectivity index (χ3v) is 3.49. The first kappa shape index (κ1) is 17.6. The van der Waals surface area contributed by atoms with Gasteiger partial charge in [-0.05, 0) is 30.2 Å². The van der Waals surface area contributed by atoms with E-state index in [1.807, 2.05) is 44.2 Å². The molecular weight excluding hydrogens is 302 g/mol. The van der Waals surface area contributed by atoms with Crippen molar-refractivity contribution in [1.82, 2.24) is 15.1 Å². The molecule has 1 aromatic carbocycles. The summed E-state index contributed by atoms with van der Waals surface area (Å²) < 4.78 is 7.19. The molecule has 2 aromatic rings. The lowest BCUT2D eigenvalue weighted by Crippen LogP contribution is -2.25. The van der Waals surface area contributed by atoms with Crippen LogP contribution in [0.1, 0.15) is 42.0 Å². The number of benzene rings is 1. The fourth-order valence-corrected chi connectivity index (χ4v) is 2.23. The number of carbonyl (C=O) groups excluding carboxylic acids is 1. The highest BCUT2D eigenvalue weighted by Crippen LogP contribution is 2.13. The summed E-state index contributed by atoms with van der Waals surface area (Å²) in [5.74, 6) is 6.52. The van der Waals surface area contributed by atoms with Crippen molar-refractivity contribution < 1.29 is 9.53 Å². The molecule has 1 N–H and O–H groups in total. The van der Waals surface area contributed by atoms with Crippen LogP contribution in [0.4, 0.5) is 0 Å². The van der Waals surface area contributed by atoms with Crippen molar-refractivity contribution in [3.05, 3.63) is 47.3 Å². The van der Waals surface area contributed by atoms with Gasteiger partial charge in [0.15, 0.2) is 0 Å². The molecule has 24 heavy (non-hydrogen) atoms. The first-order valence-electron chi connectivity index (χ1n) is 8.12. The third kappa shape index (κ3) is 4.88. The van der Waals surface area contributed by atoms with Gasteiger partial charge in [0.2, 0.25) is 0 Å². The zero-order valence-electron chi connectivity index (χ0n) is 14.4. The molecule has 1 heterocycles. The smallest absolute Gasteiger partial charge is 0.269 e. The van der Waals surface area contributed by atoms with E-state index in [0.29, 0.717) is 18.8 Å². The molecule has 1 amide bonds. The standard InChI is InChI=1S/C19H23N3O2/c1-4-6-7-11-24-17-10-8-9-15(12-17)14-20-19(23)18-13-16(5-2)21-22(18)3/h8-10,12-13H,4-5,11,14H2,1-3H3,(H,20,23). The van der Waals surface area contributed by atoms with Crippen molar-refractivity contribution in [1.29, 1.82) is 0 Å². The van der Waals surface area contributed by atoms with Gasteiger partial charge in [-0.1, -0.05) is 31.9 Å². The van der Waals surface area contributed by atoms with Gasteiger partial charge in [0.25, 0.3) is 5.91 Å². The van der Waals surface area contributed by atoms with E-state index in [4.69, 9.17) is 4.74 Å². The van der Waals surface area contributed by atoms with Gasteiger partial charge in [0.1, 0.15) is 18.1 Å². The summed E-state index contributed by atoms with van der Waals surface area (Å²) in [4.78, 5) is 12.3. The molecule has 0 aliphatic heterocycles. The van der Waals surface area contributed by atoms with Crippen molar-refractivity contribution in [2.75, 3.05) is 6.61 Å². The lowest BCUT2D eigenvalue weighted by Gasteiger charge is -2.07. The van der Waals surface area contributed by atoms with E-state index in [1.54, 1.807) is 11.7 Å². The van der Waals surface area contributed by atoms with E-state index in [1.165, 1.54) is 0 Å². The van der Waals surface area contributed by atoms with E-state index in [2.05, 4.69) is 22.3 Å². The number of rotatable bonds is 6. The Balaban J connectivity index is 1.93. The first-order chi connectivity index (χ1) is 11.6. The summed E-state index contributed by atoms with van der Waals surface area (Å²) in [6.07, 6.45) is 1.63. The Morgan fingerprint density at radius 2 is 2.12 bits per heavy atom. The molecule has 0 saturated carbocycles. The van der Waals surface area contributed by atoms with Crippen LogP contribution >= 0.6 is 0 Å². The maximum Gasteiger partial charge on any atom is 0.269 e. The van der Waals surface area contributed by atoms with Crippen molar-refractivity contribution >= 4 is 5.91 Å². The van der Waals surface area contributed by atoms with Crippen LogP contribution in [-0.4, -0.2) is 22.3 Å². The molecule has 0 atom stereocenters. The van der Waals surface area contributed by atoms with Crippen LogP contribution in [-0.2, 0) is 20.0 Å². The molecule has 126 valence electrons. The average molecular weight is 325 g/mol. The summed E-state index contributed by atoms with van der Waals surface area (Å²) in [6, 6.07) is 9.47. The molecule has 0 aliphatic rings. The summed E-state index contributed by atoms with van der Waals surface area (Å²) in [5.41, 5.74) is 2.45. The van der Waals surface area contributed by atoms with Crippen LogP contribution in [0, 0.1) is 11.8 Å². The Bertz CT molecular complexity index is 753. The Morgan fingerprint density at radius 1 is 1.29 bits per heavy atom. The second-order valence-electron chi connectivity index (χ2n) is 5.32. The molecule has 0 fully saturated rings. The fourth-order valence-electron chi connectivity index (χ4n) is 2.23. The number of hydrogen-bond donors (Lipinski definition) is 1. The lowest BCUT2D eigenvalue weighted by molar-refractivity contribution is 0.0941. The minimum absolute atomic E-state index is 0.134. The van der Waals surface area contributed by atoms with E-state index in [9.17, 15) is 4.79 Å². The first-order valence-corrected chi connectivity index (χ1v) is 8.12. The zero-order chi connectivity index (χ0) is 17.4. The van der Waals surface area contributed by atoms with E-state index >= 15 is 0 Å². The zero-order valence-corrected chi connectivity index (χ0v) is 14.4. The highest BCUT2D eigenvalue weighted by Gasteiger charge is 2.12. The van der Waals surface area contributed by atoms with Gasteiger partial charge in [0, 0.05) is 20.0 Å². The van der Waals surface area contributed by atoms with Crippen LogP contribution in [0.2, 0.25) is 0 Å². The minimum Gasteiger partial charge on any atom is -0.481 e. The Morgan fingerprint density at radius 3 is 2.83 bits per heavy atom. The normalized spacial score (nSPS) is 9.96. The monoisotopic (exact) mass is 325 g/mol. The van der Waals surface area contributed by atoms with Crippen molar-refractivity contribution in [3.63, 3.8) is 0 Å². The third-order valence-electron chi connectivity index (χ3n) is 3.49. The van der Waals surface area contributed by atoms with E-state index < -0.39 is 0 Å². The molecule has 5 nitrogen and oxygen atoms in total. The number of amides is 1.